The Kier molecular flexibility index (Phi) is 3.96. The number of hydrogen-bond donors (Lipinski definition) is 2. The average molecular weight is 335 g/mol. The van der Waals surface area contributed by atoms with Crippen molar-refractivity contribution in [3.63, 3.8) is 0 Å². The minimum atomic E-state index is -3.65. The smallest absolute Gasteiger partial charge is 0.238 e. The first kappa shape index (κ1) is 13.8. The monoisotopic (exact) mass is 334 g/mol. The molecule has 0 heterocycles. The second-order valence-electron chi connectivity index (χ2n) is 4.36. The molecule has 1 aromatic carbocycles. The molecular formula is C11H15BrN2O3S. The predicted octanol–water partition coefficient (Wildman–Crippen LogP) is 1.69. The Labute approximate surface area is 115 Å². The normalized spacial score (nSPS) is 23.5. The van der Waals surface area contributed by atoms with Crippen LogP contribution in [0.3, 0.4) is 0 Å². The van der Waals surface area contributed by atoms with Crippen LogP contribution in [0.4, 0.5) is 5.69 Å². The molecule has 0 spiro atoms. The molecule has 1 aliphatic rings. The zero-order valence-corrected chi connectivity index (χ0v) is 12.3. The molecule has 1 aromatic rings. The lowest BCUT2D eigenvalue weighted by atomic mass is 9.89. The summed E-state index contributed by atoms with van der Waals surface area (Å²) in [5, 5.41) is 8.39. The number of sulfonamides is 1. The summed E-state index contributed by atoms with van der Waals surface area (Å²) in [6.07, 6.45) is 2.24. The number of nitrogens with one attached hydrogen (secondary N) is 1. The molecule has 0 bridgehead atoms. The Morgan fingerprint density at radius 3 is 2.61 bits per heavy atom. The van der Waals surface area contributed by atoms with E-state index in [2.05, 4.69) is 21.2 Å². The molecule has 0 aromatic heterocycles. The van der Waals surface area contributed by atoms with Crippen molar-refractivity contribution in [3.05, 3.63) is 22.7 Å². The second kappa shape index (κ2) is 5.16. The van der Waals surface area contributed by atoms with Gasteiger partial charge in [-0.25, -0.2) is 13.6 Å². The molecule has 0 unspecified atom stereocenters. The summed E-state index contributed by atoms with van der Waals surface area (Å²) in [4.78, 5) is 0.100. The fourth-order valence-electron chi connectivity index (χ4n) is 1.89. The van der Waals surface area contributed by atoms with E-state index in [0.717, 1.165) is 18.5 Å². The third-order valence-corrected chi connectivity index (χ3v) is 4.62. The van der Waals surface area contributed by atoms with E-state index in [4.69, 9.17) is 9.88 Å². The lowest BCUT2D eigenvalue weighted by molar-refractivity contribution is 0.0328. The van der Waals surface area contributed by atoms with Crippen LogP contribution in [0.5, 0.6) is 0 Å². The largest absolute Gasteiger partial charge is 0.381 e. The third-order valence-electron chi connectivity index (χ3n) is 3.06. The first-order valence-corrected chi connectivity index (χ1v) is 7.86. The zero-order chi connectivity index (χ0) is 13.3. The summed E-state index contributed by atoms with van der Waals surface area (Å²) in [7, 11) is -1.95. The molecule has 100 valence electrons. The van der Waals surface area contributed by atoms with Crippen LogP contribution >= 0.6 is 15.9 Å². The molecule has 0 radical (unpaired) electrons. The van der Waals surface area contributed by atoms with Gasteiger partial charge in [-0.15, -0.1) is 0 Å². The van der Waals surface area contributed by atoms with Crippen molar-refractivity contribution in [3.8, 4) is 0 Å². The summed E-state index contributed by atoms with van der Waals surface area (Å²) in [5.74, 6) is 0. The molecular weight excluding hydrogens is 320 g/mol. The third kappa shape index (κ3) is 3.03. The minimum absolute atomic E-state index is 0.100. The standard InChI is InChI=1S/C11H15BrN2O3S/c1-17-8-4-7(5-8)14-11-3-2-9(6-10(11)12)18(13,15)16/h2-3,6-8,14H,4-5H2,1H3,(H2,13,15,16). The average Bonchev–Trinajstić information content (AvgIpc) is 2.23. The number of anilines is 1. The number of ether oxygens (including phenoxy) is 1. The summed E-state index contributed by atoms with van der Waals surface area (Å²) in [6, 6.07) is 5.08. The number of rotatable bonds is 4. The quantitative estimate of drug-likeness (QED) is 0.877. The van der Waals surface area contributed by atoms with Crippen LogP contribution < -0.4 is 10.5 Å². The van der Waals surface area contributed by atoms with Crippen LogP contribution in [-0.4, -0.2) is 27.7 Å². The van der Waals surface area contributed by atoms with Gasteiger partial charge in [-0.05, 0) is 47.0 Å². The van der Waals surface area contributed by atoms with E-state index >= 15 is 0 Å². The summed E-state index contributed by atoms with van der Waals surface area (Å²) < 4.78 is 28.3. The number of hydrogen-bond acceptors (Lipinski definition) is 4. The Hall–Kier alpha value is -0.630. The molecule has 0 saturated heterocycles. The minimum Gasteiger partial charge on any atom is -0.381 e. The maximum atomic E-state index is 11.2. The van der Waals surface area contributed by atoms with Crippen LogP contribution in [0.1, 0.15) is 12.8 Å². The summed E-state index contributed by atoms with van der Waals surface area (Å²) in [6.45, 7) is 0. The maximum Gasteiger partial charge on any atom is 0.238 e. The molecule has 5 nitrogen and oxygen atoms in total. The Bertz CT molecular complexity index is 541. The summed E-state index contributed by atoms with van der Waals surface area (Å²) >= 11 is 3.34. The van der Waals surface area contributed by atoms with Gasteiger partial charge in [0, 0.05) is 23.3 Å². The van der Waals surface area contributed by atoms with Crippen molar-refractivity contribution in [2.24, 2.45) is 5.14 Å². The van der Waals surface area contributed by atoms with Crippen molar-refractivity contribution in [1.82, 2.24) is 0 Å². The van der Waals surface area contributed by atoms with Gasteiger partial charge in [0.15, 0.2) is 0 Å². The molecule has 18 heavy (non-hydrogen) atoms. The SMILES string of the molecule is COC1CC(Nc2ccc(S(N)(=O)=O)cc2Br)C1. The first-order valence-electron chi connectivity index (χ1n) is 5.52. The lowest BCUT2D eigenvalue weighted by Gasteiger charge is -2.35. The Morgan fingerprint density at radius 2 is 2.11 bits per heavy atom. The van der Waals surface area contributed by atoms with Crippen LogP contribution in [0.15, 0.2) is 27.6 Å². The van der Waals surface area contributed by atoms with Gasteiger partial charge >= 0.3 is 0 Å². The maximum absolute atomic E-state index is 11.2. The van der Waals surface area contributed by atoms with E-state index in [1.807, 2.05) is 0 Å². The van der Waals surface area contributed by atoms with Crippen molar-refractivity contribution >= 4 is 31.6 Å². The molecule has 7 heteroatoms. The van der Waals surface area contributed by atoms with Crippen molar-refractivity contribution < 1.29 is 13.2 Å². The number of nitrogens with two attached hydrogens (primary N) is 1. The molecule has 0 aliphatic heterocycles. The second-order valence-corrected chi connectivity index (χ2v) is 6.77. The van der Waals surface area contributed by atoms with Crippen LogP contribution in [0.25, 0.3) is 0 Å². The number of halogens is 1. The number of primary sulfonamides is 1. The van der Waals surface area contributed by atoms with Gasteiger partial charge < -0.3 is 10.1 Å². The van der Waals surface area contributed by atoms with Crippen LogP contribution in [0, 0.1) is 0 Å². The topological polar surface area (TPSA) is 81.4 Å². The molecule has 1 fully saturated rings. The Balaban J connectivity index is 2.07. The first-order chi connectivity index (χ1) is 8.40. The van der Waals surface area contributed by atoms with Gasteiger partial charge in [-0.1, -0.05) is 0 Å². The van der Waals surface area contributed by atoms with Crippen molar-refractivity contribution in [2.45, 2.75) is 29.9 Å². The van der Waals surface area contributed by atoms with Crippen LogP contribution in [0.2, 0.25) is 0 Å². The van der Waals surface area contributed by atoms with E-state index in [1.165, 1.54) is 12.1 Å². The lowest BCUT2D eigenvalue weighted by Crippen LogP contribution is -2.40. The fourth-order valence-corrected chi connectivity index (χ4v) is 3.07. The van der Waals surface area contributed by atoms with Gasteiger partial charge in [-0.3, -0.25) is 0 Å². The highest BCUT2D eigenvalue weighted by Crippen LogP contribution is 2.31. The van der Waals surface area contributed by atoms with E-state index in [-0.39, 0.29) is 4.90 Å². The van der Waals surface area contributed by atoms with E-state index in [1.54, 1.807) is 13.2 Å². The molecule has 0 amide bonds. The van der Waals surface area contributed by atoms with E-state index in [9.17, 15) is 8.42 Å². The van der Waals surface area contributed by atoms with Gasteiger partial charge in [-0.2, -0.15) is 0 Å². The highest BCUT2D eigenvalue weighted by atomic mass is 79.9. The molecule has 3 N–H and O–H groups in total. The zero-order valence-electron chi connectivity index (χ0n) is 9.89. The van der Waals surface area contributed by atoms with Gasteiger partial charge in [0.05, 0.1) is 11.0 Å². The van der Waals surface area contributed by atoms with Crippen LogP contribution in [-0.2, 0) is 14.8 Å². The predicted molar refractivity (Wildman–Crippen MR) is 73.0 cm³/mol. The van der Waals surface area contributed by atoms with E-state index < -0.39 is 10.0 Å². The molecule has 1 saturated carbocycles. The molecule has 0 atom stereocenters. The van der Waals surface area contributed by atoms with E-state index in [0.29, 0.717) is 16.6 Å². The van der Waals surface area contributed by atoms with Crippen molar-refractivity contribution in [2.75, 3.05) is 12.4 Å². The van der Waals surface area contributed by atoms with Gasteiger partial charge in [0.25, 0.3) is 0 Å². The van der Waals surface area contributed by atoms with Gasteiger partial charge in [0.1, 0.15) is 0 Å². The Morgan fingerprint density at radius 1 is 1.44 bits per heavy atom. The number of methoxy groups -OCH3 is 1. The van der Waals surface area contributed by atoms with Crippen molar-refractivity contribution in [1.29, 1.82) is 0 Å². The summed E-state index contributed by atoms with van der Waals surface area (Å²) in [5.41, 5.74) is 0.863. The number of benzene rings is 1. The highest BCUT2D eigenvalue weighted by Gasteiger charge is 2.29. The molecule has 1 aliphatic carbocycles. The highest BCUT2D eigenvalue weighted by molar-refractivity contribution is 9.10. The molecule has 2 rings (SSSR count). The van der Waals surface area contributed by atoms with Gasteiger partial charge in [0.2, 0.25) is 10.0 Å². The fraction of sp³-hybridized carbons (Fsp3) is 0.455.